The van der Waals surface area contributed by atoms with Gasteiger partial charge in [-0.1, -0.05) is 13.3 Å². The van der Waals surface area contributed by atoms with E-state index in [4.69, 9.17) is 10.5 Å². The van der Waals surface area contributed by atoms with E-state index in [2.05, 4.69) is 27.6 Å². The maximum Gasteiger partial charge on any atom is 0.194 e. The molecule has 10 heteroatoms. The first-order valence-electron chi connectivity index (χ1n) is 7.29. The summed E-state index contributed by atoms with van der Waals surface area (Å²) < 4.78 is 7.92. The van der Waals surface area contributed by atoms with Gasteiger partial charge < -0.3 is 20.7 Å². The first-order valence-corrected chi connectivity index (χ1v) is 8.88. The number of anilines is 1. The fourth-order valence-electron chi connectivity index (χ4n) is 2.79. The summed E-state index contributed by atoms with van der Waals surface area (Å²) >= 11 is 6.44. The normalized spacial score (nSPS) is 29.3. The van der Waals surface area contributed by atoms with Gasteiger partial charge in [-0.3, -0.25) is 4.57 Å². The topological polar surface area (TPSA) is 119 Å². The molecule has 23 heavy (non-hydrogen) atoms. The third-order valence-electron chi connectivity index (χ3n) is 3.93. The summed E-state index contributed by atoms with van der Waals surface area (Å²) in [4.78, 5) is 12.6. The Bertz CT molecular complexity index is 714. The van der Waals surface area contributed by atoms with E-state index in [-0.39, 0.29) is 11.1 Å². The number of aromatic nitrogens is 4. The number of imidazole rings is 1. The lowest BCUT2D eigenvalue weighted by Gasteiger charge is -2.20. The molecular formula is C13H18IN5O3S. The summed E-state index contributed by atoms with van der Waals surface area (Å²) in [5.41, 5.74) is 6.75. The summed E-state index contributed by atoms with van der Waals surface area (Å²) in [5.74, 6) is 0.265. The van der Waals surface area contributed by atoms with E-state index in [1.807, 2.05) is 29.5 Å². The highest BCUT2D eigenvalue weighted by Crippen LogP contribution is 2.35. The lowest BCUT2D eigenvalue weighted by Crippen LogP contribution is -2.36. The number of halogens is 1. The molecule has 0 radical (unpaired) electrons. The third kappa shape index (κ3) is 3.02. The summed E-state index contributed by atoms with van der Waals surface area (Å²) in [6.07, 6.45) is -0.297. The summed E-state index contributed by atoms with van der Waals surface area (Å²) in [5, 5.41) is 20.5. The molecule has 3 rings (SSSR count). The molecule has 1 unspecified atom stereocenters. The van der Waals surface area contributed by atoms with Crippen LogP contribution in [0.25, 0.3) is 11.2 Å². The van der Waals surface area contributed by atoms with Gasteiger partial charge >= 0.3 is 0 Å². The summed E-state index contributed by atoms with van der Waals surface area (Å²) in [7, 11) is 0. The molecular weight excluding hydrogens is 433 g/mol. The molecule has 0 saturated carbocycles. The van der Waals surface area contributed by atoms with Crippen LogP contribution in [-0.2, 0) is 4.74 Å². The highest BCUT2D eigenvalue weighted by molar-refractivity contribution is 14.1. The highest BCUT2D eigenvalue weighted by Gasteiger charge is 2.46. The van der Waals surface area contributed by atoms with Crippen molar-refractivity contribution in [3.8, 4) is 0 Å². The molecule has 8 nitrogen and oxygen atoms in total. The summed E-state index contributed by atoms with van der Waals surface area (Å²) in [6.45, 7) is 2.03. The van der Waals surface area contributed by atoms with E-state index in [9.17, 15) is 10.2 Å². The van der Waals surface area contributed by atoms with Gasteiger partial charge in [0.1, 0.15) is 23.8 Å². The number of nitrogens with zero attached hydrogens (tertiary/aromatic N) is 4. The molecule has 2 aromatic rings. The molecule has 2 aromatic heterocycles. The molecule has 0 amide bonds. The zero-order valence-corrected chi connectivity index (χ0v) is 15.4. The monoisotopic (exact) mass is 451 g/mol. The van der Waals surface area contributed by atoms with Crippen molar-refractivity contribution in [3.63, 3.8) is 0 Å². The van der Waals surface area contributed by atoms with Crippen LogP contribution in [0.4, 0.5) is 5.82 Å². The van der Waals surface area contributed by atoms with Gasteiger partial charge in [0.25, 0.3) is 0 Å². The number of aliphatic hydroxyl groups is 2. The average Bonchev–Trinajstić information content (AvgIpc) is 3.02. The number of hydrogen-bond donors (Lipinski definition) is 4. The predicted molar refractivity (Wildman–Crippen MR) is 96.1 cm³/mol. The molecule has 0 aromatic carbocycles. The second-order valence-corrected chi connectivity index (χ2v) is 7.16. The van der Waals surface area contributed by atoms with Crippen LogP contribution in [0.5, 0.6) is 0 Å². The number of aliphatic hydroxyl groups excluding tert-OH is 2. The van der Waals surface area contributed by atoms with Crippen molar-refractivity contribution in [3.05, 3.63) is 10.2 Å². The Hall–Kier alpha value is -0.690. The van der Waals surface area contributed by atoms with Crippen molar-refractivity contribution in [1.82, 2.24) is 19.5 Å². The number of nitrogens with two attached hydrogens (primary N) is 1. The minimum atomic E-state index is -1.10. The van der Waals surface area contributed by atoms with Gasteiger partial charge in [0, 0.05) is 27.8 Å². The SMILES string of the molecule is CCCC(S)[C@H]1O[C@@H](n2cnc3c(N)nc(I)nc32)[C@H](O)[C@@H]1O. The average molecular weight is 451 g/mol. The Morgan fingerprint density at radius 3 is 2.87 bits per heavy atom. The Labute approximate surface area is 152 Å². The van der Waals surface area contributed by atoms with Crippen LogP contribution in [0.2, 0.25) is 0 Å². The highest BCUT2D eigenvalue weighted by atomic mass is 127. The van der Waals surface area contributed by atoms with Gasteiger partial charge in [0.2, 0.25) is 0 Å². The number of nitrogen functional groups attached to an aromatic ring is 1. The number of rotatable bonds is 4. The predicted octanol–water partition coefficient (Wildman–Crippen LogP) is 0.731. The van der Waals surface area contributed by atoms with Crippen molar-refractivity contribution >= 4 is 52.2 Å². The molecule has 5 atom stereocenters. The quantitative estimate of drug-likeness (QED) is 0.308. The molecule has 3 heterocycles. The molecule has 0 spiro atoms. The molecule has 1 saturated heterocycles. The first-order chi connectivity index (χ1) is 10.9. The lowest BCUT2D eigenvalue weighted by atomic mass is 10.0. The molecule has 1 aliphatic heterocycles. The smallest absolute Gasteiger partial charge is 0.194 e. The second kappa shape index (κ2) is 6.67. The van der Waals surface area contributed by atoms with Crippen LogP contribution in [0.3, 0.4) is 0 Å². The third-order valence-corrected chi connectivity index (χ3v) is 4.97. The van der Waals surface area contributed by atoms with Crippen molar-refractivity contribution in [2.75, 3.05) is 5.73 Å². The second-order valence-electron chi connectivity index (χ2n) is 5.53. The van der Waals surface area contributed by atoms with Crippen molar-refractivity contribution < 1.29 is 14.9 Å². The van der Waals surface area contributed by atoms with Crippen LogP contribution in [0.15, 0.2) is 6.33 Å². The van der Waals surface area contributed by atoms with E-state index >= 15 is 0 Å². The summed E-state index contributed by atoms with van der Waals surface area (Å²) in [6, 6.07) is 0. The minimum Gasteiger partial charge on any atom is -0.387 e. The lowest BCUT2D eigenvalue weighted by molar-refractivity contribution is -0.0354. The van der Waals surface area contributed by atoms with Gasteiger partial charge in [0.15, 0.2) is 21.5 Å². The van der Waals surface area contributed by atoms with Crippen molar-refractivity contribution in [1.29, 1.82) is 0 Å². The number of ether oxygens (including phenoxy) is 1. The molecule has 0 aliphatic carbocycles. The molecule has 1 fully saturated rings. The molecule has 0 bridgehead atoms. The largest absolute Gasteiger partial charge is 0.387 e. The fraction of sp³-hybridized carbons (Fsp3) is 0.615. The van der Waals surface area contributed by atoms with E-state index in [0.717, 1.165) is 12.8 Å². The van der Waals surface area contributed by atoms with Gasteiger partial charge in [0.05, 0.1) is 6.33 Å². The van der Waals surface area contributed by atoms with E-state index in [0.29, 0.717) is 15.0 Å². The Morgan fingerprint density at radius 2 is 2.17 bits per heavy atom. The van der Waals surface area contributed by atoms with E-state index in [1.54, 1.807) is 4.57 Å². The standard InChI is InChI=1S/C13H18IN5O3S/c1-2-3-5(23)9-7(20)8(21)12(22-9)19-4-16-6-10(15)17-13(14)18-11(6)19/h4-5,7-9,12,20-21,23H,2-3H2,1H3,(H2,15,17,18)/t5?,7-,8+,9+,12+/m0/s1. The fourth-order valence-corrected chi connectivity index (χ4v) is 3.78. The van der Waals surface area contributed by atoms with Gasteiger partial charge in [-0.2, -0.15) is 12.6 Å². The molecule has 4 N–H and O–H groups in total. The van der Waals surface area contributed by atoms with Crippen LogP contribution < -0.4 is 5.73 Å². The Kier molecular flexibility index (Phi) is 4.97. The zero-order chi connectivity index (χ0) is 16.7. The van der Waals surface area contributed by atoms with Crippen molar-refractivity contribution in [2.24, 2.45) is 0 Å². The van der Waals surface area contributed by atoms with E-state index in [1.165, 1.54) is 6.33 Å². The van der Waals surface area contributed by atoms with Crippen LogP contribution in [0, 0.1) is 3.83 Å². The van der Waals surface area contributed by atoms with Crippen LogP contribution in [-0.4, -0.2) is 53.3 Å². The zero-order valence-electron chi connectivity index (χ0n) is 12.4. The maximum atomic E-state index is 10.4. The maximum absolute atomic E-state index is 10.4. The van der Waals surface area contributed by atoms with E-state index < -0.39 is 24.5 Å². The van der Waals surface area contributed by atoms with Gasteiger partial charge in [-0.25, -0.2) is 15.0 Å². The molecule has 1 aliphatic rings. The molecule has 126 valence electrons. The van der Waals surface area contributed by atoms with Crippen molar-refractivity contribution in [2.45, 2.75) is 49.6 Å². The first kappa shape index (κ1) is 17.1. The van der Waals surface area contributed by atoms with Crippen LogP contribution >= 0.6 is 35.2 Å². The van der Waals surface area contributed by atoms with Crippen LogP contribution in [0.1, 0.15) is 26.0 Å². The van der Waals surface area contributed by atoms with Gasteiger partial charge in [-0.05, 0) is 6.42 Å². The number of hydrogen-bond acceptors (Lipinski definition) is 8. The number of thiol groups is 1. The Balaban J connectivity index is 1.96. The minimum absolute atomic E-state index is 0.163. The number of fused-ring (bicyclic) bond motifs is 1. The Morgan fingerprint density at radius 1 is 1.43 bits per heavy atom. The van der Waals surface area contributed by atoms with Gasteiger partial charge in [-0.15, -0.1) is 0 Å².